The number of ketones is 1. The van der Waals surface area contributed by atoms with Gasteiger partial charge in [0.25, 0.3) is 5.91 Å². The molecule has 2 aliphatic rings. The van der Waals surface area contributed by atoms with Crippen LogP contribution < -0.4 is 15.5 Å². The van der Waals surface area contributed by atoms with Crippen molar-refractivity contribution in [1.29, 1.82) is 0 Å². The molecule has 2 fully saturated rings. The number of anilines is 1. The van der Waals surface area contributed by atoms with Crippen LogP contribution in [0.5, 0.6) is 0 Å². The molecule has 0 bridgehead atoms. The zero-order valence-corrected chi connectivity index (χ0v) is 27.4. The minimum atomic E-state index is -0.708. The molecular formula is C38H44N4O5. The molecule has 1 saturated heterocycles. The first-order valence-corrected chi connectivity index (χ1v) is 16.5. The Labute approximate surface area is 276 Å². The van der Waals surface area contributed by atoms with Crippen LogP contribution in [0.25, 0.3) is 0 Å². The van der Waals surface area contributed by atoms with Gasteiger partial charge >= 0.3 is 0 Å². The molecule has 1 aliphatic carbocycles. The van der Waals surface area contributed by atoms with E-state index in [-0.39, 0.29) is 29.4 Å². The van der Waals surface area contributed by atoms with E-state index in [9.17, 15) is 24.0 Å². The van der Waals surface area contributed by atoms with Crippen LogP contribution in [0.3, 0.4) is 0 Å². The molecule has 1 heterocycles. The van der Waals surface area contributed by atoms with Gasteiger partial charge in [-0.05, 0) is 61.4 Å². The molecule has 2 N–H and O–H groups in total. The lowest BCUT2D eigenvalue weighted by Gasteiger charge is -2.31. The lowest BCUT2D eigenvalue weighted by molar-refractivity contribution is -0.134. The topological polar surface area (TPSA) is 116 Å². The van der Waals surface area contributed by atoms with Crippen LogP contribution in [0.15, 0.2) is 84.9 Å². The van der Waals surface area contributed by atoms with Crippen molar-refractivity contribution < 1.29 is 24.0 Å². The van der Waals surface area contributed by atoms with E-state index < -0.39 is 23.7 Å². The second-order valence-electron chi connectivity index (χ2n) is 12.9. The molecule has 9 nitrogen and oxygen atoms in total. The van der Waals surface area contributed by atoms with Crippen molar-refractivity contribution in [3.05, 3.63) is 102 Å². The highest BCUT2D eigenvalue weighted by atomic mass is 16.2. The summed E-state index contributed by atoms with van der Waals surface area (Å²) in [6.45, 7) is 4.86. The average molecular weight is 637 g/mol. The van der Waals surface area contributed by atoms with Gasteiger partial charge in [-0.3, -0.25) is 28.9 Å². The Morgan fingerprint density at radius 2 is 1.45 bits per heavy atom. The number of nitrogens with zero attached hydrogens (tertiary/aromatic N) is 2. The Kier molecular flexibility index (Phi) is 10.5. The number of hydrogen-bond donors (Lipinski definition) is 2. The number of nitrogens with one attached hydrogen (secondary N) is 2. The van der Waals surface area contributed by atoms with Crippen molar-refractivity contribution in [3.63, 3.8) is 0 Å². The van der Waals surface area contributed by atoms with Crippen molar-refractivity contribution in [2.24, 2.45) is 5.41 Å². The van der Waals surface area contributed by atoms with Crippen LogP contribution in [0.4, 0.5) is 5.69 Å². The molecule has 0 aromatic heterocycles. The summed E-state index contributed by atoms with van der Waals surface area (Å²) in [5.74, 6) is -0.767. The highest BCUT2D eigenvalue weighted by molar-refractivity contribution is 6.03. The van der Waals surface area contributed by atoms with E-state index in [4.69, 9.17) is 0 Å². The van der Waals surface area contributed by atoms with Gasteiger partial charge in [0.2, 0.25) is 17.7 Å². The van der Waals surface area contributed by atoms with Gasteiger partial charge in [-0.25, -0.2) is 0 Å². The number of carbonyl (C=O) groups excluding carboxylic acids is 5. The van der Waals surface area contributed by atoms with Crippen molar-refractivity contribution in [2.45, 2.75) is 84.0 Å². The second-order valence-corrected chi connectivity index (χ2v) is 12.9. The smallest absolute Gasteiger partial charge is 0.252 e. The van der Waals surface area contributed by atoms with Gasteiger partial charge in [-0.1, -0.05) is 85.6 Å². The summed E-state index contributed by atoms with van der Waals surface area (Å²) in [5.41, 5.74) is 2.67. The van der Waals surface area contributed by atoms with Crippen LogP contribution >= 0.6 is 0 Å². The van der Waals surface area contributed by atoms with Crippen molar-refractivity contribution in [2.75, 3.05) is 11.4 Å². The summed E-state index contributed by atoms with van der Waals surface area (Å²) in [6, 6.07) is 25.3. The molecule has 3 atom stereocenters. The summed E-state index contributed by atoms with van der Waals surface area (Å²) < 4.78 is 0. The van der Waals surface area contributed by atoms with E-state index >= 15 is 0 Å². The van der Waals surface area contributed by atoms with Gasteiger partial charge in [0.05, 0.1) is 11.5 Å². The summed E-state index contributed by atoms with van der Waals surface area (Å²) in [6.07, 6.45) is 3.94. The van der Waals surface area contributed by atoms with Crippen LogP contribution in [-0.2, 0) is 36.8 Å². The summed E-state index contributed by atoms with van der Waals surface area (Å²) >= 11 is 0. The first-order chi connectivity index (χ1) is 22.6. The van der Waals surface area contributed by atoms with E-state index in [2.05, 4.69) is 10.6 Å². The third kappa shape index (κ3) is 7.62. The maximum Gasteiger partial charge on any atom is 0.252 e. The lowest BCUT2D eigenvalue weighted by Crippen LogP contribution is -2.49. The van der Waals surface area contributed by atoms with Gasteiger partial charge in [0.1, 0.15) is 12.2 Å². The van der Waals surface area contributed by atoms with Gasteiger partial charge in [-0.2, -0.15) is 0 Å². The Balaban J connectivity index is 1.37. The molecule has 4 amide bonds. The van der Waals surface area contributed by atoms with Crippen molar-refractivity contribution >= 4 is 35.1 Å². The van der Waals surface area contributed by atoms with Crippen molar-refractivity contribution in [3.8, 4) is 0 Å². The molecule has 3 aromatic rings. The monoisotopic (exact) mass is 636 g/mol. The van der Waals surface area contributed by atoms with E-state index in [1.54, 1.807) is 9.80 Å². The molecule has 1 aliphatic heterocycles. The predicted molar refractivity (Wildman–Crippen MR) is 180 cm³/mol. The Morgan fingerprint density at radius 3 is 2.02 bits per heavy atom. The number of rotatable bonds is 12. The minimum Gasteiger partial charge on any atom is -0.356 e. The fourth-order valence-corrected chi connectivity index (χ4v) is 7.07. The standard InChI is InChI=1S/C38H44N4O5/c1-26(43)33(40-37(47)38(20-10-11-21-38)22-23-39-27(2)44)24-30-16-18-32(19-17-30)42-35(31-14-8-5-9-15-31)41(28(3)45)34(36(42)46)25-29-12-6-4-7-13-29/h4-9,12-19,33-35H,10-11,20-25H2,1-3H3,(H,39,44)(H,40,47). The molecule has 0 radical (unpaired) electrons. The second kappa shape index (κ2) is 14.8. The largest absolute Gasteiger partial charge is 0.356 e. The van der Waals surface area contributed by atoms with Crippen molar-refractivity contribution in [1.82, 2.24) is 15.5 Å². The van der Waals surface area contributed by atoms with Crippen LogP contribution in [0, 0.1) is 5.41 Å². The fourth-order valence-electron chi connectivity index (χ4n) is 7.07. The Morgan fingerprint density at radius 1 is 0.830 bits per heavy atom. The zero-order valence-electron chi connectivity index (χ0n) is 27.4. The number of Topliss-reactive ketones (excluding diaryl/α,β-unsaturated/α-hetero) is 1. The van der Waals surface area contributed by atoms with E-state index in [0.717, 1.165) is 42.4 Å². The molecule has 9 heteroatoms. The third-order valence-electron chi connectivity index (χ3n) is 9.57. The van der Waals surface area contributed by atoms with E-state index in [1.807, 2.05) is 84.9 Å². The third-order valence-corrected chi connectivity index (χ3v) is 9.57. The molecule has 0 spiro atoms. The maximum atomic E-state index is 14.2. The molecule has 246 valence electrons. The molecule has 47 heavy (non-hydrogen) atoms. The lowest BCUT2D eigenvalue weighted by atomic mass is 9.81. The zero-order chi connectivity index (χ0) is 33.6. The minimum absolute atomic E-state index is 0.130. The number of amides is 4. The van der Waals surface area contributed by atoms with Crippen LogP contribution in [-0.4, -0.2) is 52.9 Å². The highest BCUT2D eigenvalue weighted by Gasteiger charge is 2.48. The van der Waals surface area contributed by atoms with Gasteiger partial charge in [0, 0.05) is 32.5 Å². The summed E-state index contributed by atoms with van der Waals surface area (Å²) in [7, 11) is 0. The summed E-state index contributed by atoms with van der Waals surface area (Å²) in [4.78, 5) is 68.4. The van der Waals surface area contributed by atoms with E-state index in [0.29, 0.717) is 31.5 Å². The number of carbonyl (C=O) groups is 5. The molecule has 3 unspecified atom stereocenters. The van der Waals surface area contributed by atoms with Gasteiger partial charge in [-0.15, -0.1) is 0 Å². The first-order valence-electron chi connectivity index (χ1n) is 16.5. The average Bonchev–Trinajstić information content (AvgIpc) is 3.65. The molecule has 3 aromatic carbocycles. The first kappa shape index (κ1) is 33.6. The quantitative estimate of drug-likeness (QED) is 0.294. The molecule has 1 saturated carbocycles. The highest BCUT2D eigenvalue weighted by Crippen LogP contribution is 2.42. The fraction of sp³-hybridized carbons (Fsp3) is 0.395. The van der Waals surface area contributed by atoms with Gasteiger partial charge < -0.3 is 15.5 Å². The number of hydrogen-bond acceptors (Lipinski definition) is 5. The van der Waals surface area contributed by atoms with Gasteiger partial charge in [0.15, 0.2) is 5.78 Å². The molecular weight excluding hydrogens is 592 g/mol. The Bertz CT molecular complexity index is 1590. The van der Waals surface area contributed by atoms with E-state index in [1.165, 1.54) is 20.8 Å². The van der Waals surface area contributed by atoms with Crippen LogP contribution in [0.1, 0.15) is 75.7 Å². The Hall–Kier alpha value is -4.79. The maximum absolute atomic E-state index is 14.2. The van der Waals surface area contributed by atoms with Crippen LogP contribution in [0.2, 0.25) is 0 Å². The SMILES string of the molecule is CC(=O)NCCC1(C(=O)NC(Cc2ccc(N3C(=O)C(Cc4ccccc4)N(C(C)=O)C3c3ccccc3)cc2)C(C)=O)CCCC1. The normalized spacial score (nSPS) is 19.3. The summed E-state index contributed by atoms with van der Waals surface area (Å²) in [5, 5.41) is 5.83. The number of benzene rings is 3. The molecule has 5 rings (SSSR count). The predicted octanol–water partition coefficient (Wildman–Crippen LogP) is 4.89.